The van der Waals surface area contributed by atoms with Crippen molar-refractivity contribution in [2.75, 3.05) is 19.4 Å². The molecule has 2 N–H and O–H groups in total. The predicted octanol–water partition coefficient (Wildman–Crippen LogP) is 3.48. The zero-order valence-electron chi connectivity index (χ0n) is 11.5. The number of hydrogen-bond donors (Lipinski definition) is 2. The summed E-state index contributed by atoms with van der Waals surface area (Å²) in [5.41, 5.74) is 3.95. The van der Waals surface area contributed by atoms with Crippen LogP contribution in [0.4, 0.5) is 10.1 Å². The first-order chi connectivity index (χ1) is 9.15. The molecule has 0 heterocycles. The smallest absolute Gasteiger partial charge is 0.126 e. The molecule has 0 radical (unpaired) electrons. The fourth-order valence-electron chi connectivity index (χ4n) is 2.25. The first kappa shape index (κ1) is 13.6. The molecule has 0 amide bonds. The van der Waals surface area contributed by atoms with Gasteiger partial charge >= 0.3 is 0 Å². The van der Waals surface area contributed by atoms with Gasteiger partial charge in [0, 0.05) is 12.7 Å². The third kappa shape index (κ3) is 2.93. The van der Waals surface area contributed by atoms with Gasteiger partial charge in [0.05, 0.1) is 6.04 Å². The number of benzene rings is 2. The van der Waals surface area contributed by atoms with Crippen molar-refractivity contribution in [3.05, 3.63) is 65.0 Å². The minimum absolute atomic E-state index is 0.0626. The SMILES string of the molecule is CNc1cccc(C(NC)c2ccc(F)c(C)c2)c1. The fourth-order valence-corrected chi connectivity index (χ4v) is 2.25. The summed E-state index contributed by atoms with van der Waals surface area (Å²) in [4.78, 5) is 0. The highest BCUT2D eigenvalue weighted by molar-refractivity contribution is 5.47. The van der Waals surface area contributed by atoms with Crippen molar-refractivity contribution >= 4 is 5.69 Å². The Kier molecular flexibility index (Phi) is 4.17. The van der Waals surface area contributed by atoms with E-state index in [4.69, 9.17) is 0 Å². The van der Waals surface area contributed by atoms with Crippen molar-refractivity contribution in [1.82, 2.24) is 5.32 Å². The largest absolute Gasteiger partial charge is 0.388 e. The molecule has 3 heteroatoms. The van der Waals surface area contributed by atoms with E-state index in [1.807, 2.05) is 38.4 Å². The fraction of sp³-hybridized carbons (Fsp3) is 0.250. The van der Waals surface area contributed by atoms with Crippen LogP contribution >= 0.6 is 0 Å². The van der Waals surface area contributed by atoms with Crippen molar-refractivity contribution in [2.45, 2.75) is 13.0 Å². The Morgan fingerprint density at radius 1 is 1.00 bits per heavy atom. The van der Waals surface area contributed by atoms with Crippen LogP contribution in [0.3, 0.4) is 0 Å². The minimum Gasteiger partial charge on any atom is -0.388 e. The lowest BCUT2D eigenvalue weighted by Gasteiger charge is -2.18. The first-order valence-electron chi connectivity index (χ1n) is 6.36. The van der Waals surface area contributed by atoms with Gasteiger partial charge in [-0.2, -0.15) is 0 Å². The van der Waals surface area contributed by atoms with Crippen LogP contribution in [0.1, 0.15) is 22.7 Å². The van der Waals surface area contributed by atoms with E-state index in [0.717, 1.165) is 16.8 Å². The molecule has 1 unspecified atom stereocenters. The van der Waals surface area contributed by atoms with Crippen LogP contribution < -0.4 is 10.6 Å². The van der Waals surface area contributed by atoms with Crippen LogP contribution in [0.5, 0.6) is 0 Å². The van der Waals surface area contributed by atoms with E-state index in [2.05, 4.69) is 22.8 Å². The molecule has 0 aliphatic heterocycles. The van der Waals surface area contributed by atoms with Crippen LogP contribution in [-0.4, -0.2) is 14.1 Å². The van der Waals surface area contributed by atoms with Crippen LogP contribution in [0.25, 0.3) is 0 Å². The molecular formula is C16H19FN2. The Labute approximate surface area is 113 Å². The van der Waals surface area contributed by atoms with Gasteiger partial charge in [-0.15, -0.1) is 0 Å². The standard InChI is InChI=1S/C16H19FN2/c1-11-9-13(7-8-15(11)17)16(19-3)12-5-4-6-14(10-12)18-2/h4-10,16,18-19H,1-3H3. The summed E-state index contributed by atoms with van der Waals surface area (Å²) in [5.74, 6) is -0.164. The van der Waals surface area contributed by atoms with Crippen LogP contribution in [-0.2, 0) is 0 Å². The highest BCUT2D eigenvalue weighted by atomic mass is 19.1. The van der Waals surface area contributed by atoms with E-state index in [9.17, 15) is 4.39 Å². The van der Waals surface area contributed by atoms with E-state index in [0.29, 0.717) is 5.56 Å². The molecule has 0 saturated carbocycles. The normalized spacial score (nSPS) is 12.2. The van der Waals surface area contributed by atoms with Crippen LogP contribution in [0.2, 0.25) is 0 Å². The van der Waals surface area contributed by atoms with Gasteiger partial charge in [0.25, 0.3) is 0 Å². The van der Waals surface area contributed by atoms with E-state index in [-0.39, 0.29) is 11.9 Å². The lowest BCUT2D eigenvalue weighted by atomic mass is 9.97. The van der Waals surface area contributed by atoms with Crippen molar-refractivity contribution in [1.29, 1.82) is 0 Å². The topological polar surface area (TPSA) is 24.1 Å². The van der Waals surface area contributed by atoms with Gasteiger partial charge in [0.15, 0.2) is 0 Å². The van der Waals surface area contributed by atoms with Crippen molar-refractivity contribution in [3.63, 3.8) is 0 Å². The quantitative estimate of drug-likeness (QED) is 0.877. The molecule has 19 heavy (non-hydrogen) atoms. The maximum absolute atomic E-state index is 13.4. The minimum atomic E-state index is -0.164. The molecule has 2 aromatic carbocycles. The Hall–Kier alpha value is -1.87. The molecule has 0 aromatic heterocycles. The summed E-state index contributed by atoms with van der Waals surface area (Å²) in [6.45, 7) is 1.79. The van der Waals surface area contributed by atoms with Crippen LogP contribution in [0.15, 0.2) is 42.5 Å². The summed E-state index contributed by atoms with van der Waals surface area (Å²) in [5, 5.41) is 6.41. The second-order valence-electron chi connectivity index (χ2n) is 4.61. The van der Waals surface area contributed by atoms with Gasteiger partial charge in [0.2, 0.25) is 0 Å². The van der Waals surface area contributed by atoms with Gasteiger partial charge in [-0.25, -0.2) is 4.39 Å². The summed E-state index contributed by atoms with van der Waals surface area (Å²) in [6, 6.07) is 13.5. The third-order valence-corrected chi connectivity index (χ3v) is 3.31. The molecule has 100 valence electrons. The van der Waals surface area contributed by atoms with Gasteiger partial charge in [-0.1, -0.05) is 24.3 Å². The van der Waals surface area contributed by atoms with Crippen LogP contribution in [0, 0.1) is 12.7 Å². The average Bonchev–Trinajstić information content (AvgIpc) is 2.44. The molecular weight excluding hydrogens is 239 g/mol. The van der Waals surface area contributed by atoms with Gasteiger partial charge in [0.1, 0.15) is 5.82 Å². The van der Waals surface area contributed by atoms with Crippen molar-refractivity contribution < 1.29 is 4.39 Å². The highest BCUT2D eigenvalue weighted by Crippen LogP contribution is 2.25. The predicted molar refractivity (Wildman–Crippen MR) is 78.0 cm³/mol. The van der Waals surface area contributed by atoms with Gasteiger partial charge < -0.3 is 10.6 Å². The number of anilines is 1. The summed E-state index contributed by atoms with van der Waals surface area (Å²) in [6.07, 6.45) is 0. The summed E-state index contributed by atoms with van der Waals surface area (Å²) < 4.78 is 13.4. The first-order valence-corrected chi connectivity index (χ1v) is 6.36. The van der Waals surface area contributed by atoms with E-state index < -0.39 is 0 Å². The van der Waals surface area contributed by atoms with E-state index in [1.54, 1.807) is 6.92 Å². The Bertz CT molecular complexity index is 566. The molecule has 2 rings (SSSR count). The summed E-state index contributed by atoms with van der Waals surface area (Å²) in [7, 11) is 3.81. The second kappa shape index (κ2) is 5.85. The summed E-state index contributed by atoms with van der Waals surface area (Å²) >= 11 is 0. The van der Waals surface area contributed by atoms with Gasteiger partial charge in [-0.3, -0.25) is 0 Å². The average molecular weight is 258 g/mol. The Morgan fingerprint density at radius 2 is 1.74 bits per heavy atom. The molecule has 0 aliphatic rings. The number of aryl methyl sites for hydroxylation is 1. The molecule has 2 nitrogen and oxygen atoms in total. The van der Waals surface area contributed by atoms with Gasteiger partial charge in [-0.05, 0) is 48.9 Å². The second-order valence-corrected chi connectivity index (χ2v) is 4.61. The number of nitrogens with one attached hydrogen (secondary N) is 2. The molecule has 0 spiro atoms. The van der Waals surface area contributed by atoms with Crippen molar-refractivity contribution in [3.8, 4) is 0 Å². The highest BCUT2D eigenvalue weighted by Gasteiger charge is 2.13. The maximum Gasteiger partial charge on any atom is 0.126 e. The van der Waals surface area contributed by atoms with E-state index >= 15 is 0 Å². The molecule has 0 saturated heterocycles. The Balaban J connectivity index is 2.40. The lowest BCUT2D eigenvalue weighted by molar-refractivity contribution is 0.614. The molecule has 1 atom stereocenters. The zero-order chi connectivity index (χ0) is 13.8. The molecule has 0 bridgehead atoms. The molecule has 0 aliphatic carbocycles. The third-order valence-electron chi connectivity index (χ3n) is 3.31. The van der Waals surface area contributed by atoms with Crippen molar-refractivity contribution in [2.24, 2.45) is 0 Å². The number of hydrogen-bond acceptors (Lipinski definition) is 2. The Morgan fingerprint density at radius 3 is 2.37 bits per heavy atom. The monoisotopic (exact) mass is 258 g/mol. The molecule has 2 aromatic rings. The zero-order valence-corrected chi connectivity index (χ0v) is 11.5. The maximum atomic E-state index is 13.4. The van der Waals surface area contributed by atoms with E-state index in [1.165, 1.54) is 6.07 Å². The lowest BCUT2D eigenvalue weighted by Crippen LogP contribution is -2.18. The number of rotatable bonds is 4. The number of halogens is 1. The molecule has 0 fully saturated rings.